The van der Waals surface area contributed by atoms with E-state index in [1.807, 2.05) is 52.0 Å². The van der Waals surface area contributed by atoms with Crippen molar-refractivity contribution in [2.45, 2.75) is 27.7 Å². The number of aliphatic hydroxyl groups excluding tert-OH is 1. The number of Topliss-reactive ketones (excluding diaryl/α,β-unsaturated/α-hetero) is 1. The van der Waals surface area contributed by atoms with Gasteiger partial charge in [-0.05, 0) is 59.1 Å². The lowest BCUT2D eigenvalue weighted by Gasteiger charge is -2.20. The second kappa shape index (κ2) is 6.29. The summed E-state index contributed by atoms with van der Waals surface area (Å²) in [5.41, 5.74) is 2.49. The Morgan fingerprint density at radius 1 is 1.00 bits per heavy atom. The normalized spacial score (nSPS) is 19.2. The zero-order chi connectivity index (χ0) is 17.4. The third kappa shape index (κ3) is 3.29. The first-order chi connectivity index (χ1) is 11.3. The third-order valence-corrected chi connectivity index (χ3v) is 4.62. The number of carbonyl (C=O) groups is 1. The van der Waals surface area contributed by atoms with E-state index in [1.165, 1.54) is 9.81 Å². The highest BCUT2D eigenvalue weighted by molar-refractivity contribution is 8.06. The molecule has 1 aliphatic carbocycles. The van der Waals surface area contributed by atoms with Crippen LogP contribution in [0.25, 0.3) is 6.08 Å². The van der Waals surface area contributed by atoms with Crippen LogP contribution in [0.1, 0.15) is 30.9 Å². The molecule has 24 heavy (non-hydrogen) atoms. The minimum Gasteiger partial charge on any atom is -0.506 e. The molecule has 0 fully saturated rings. The number of aliphatic hydroxyl groups is 1. The Hall–Kier alpha value is -2.33. The molecule has 0 unspecified atom stereocenters. The first kappa shape index (κ1) is 16.5. The lowest BCUT2D eigenvalue weighted by molar-refractivity contribution is -0.113. The third-order valence-electron chi connectivity index (χ3n) is 3.75. The summed E-state index contributed by atoms with van der Waals surface area (Å²) in [7, 11) is 0. The van der Waals surface area contributed by atoms with Gasteiger partial charge in [-0.15, -0.1) is 0 Å². The number of carbonyl (C=O) groups excluding carboxylic acids is 1. The summed E-state index contributed by atoms with van der Waals surface area (Å²) < 4.78 is 5.43. The van der Waals surface area contributed by atoms with Gasteiger partial charge in [-0.25, -0.2) is 4.42 Å². The molecular weight excluding hydrogens is 320 g/mol. The average Bonchev–Trinajstić information content (AvgIpc) is 2.48. The molecule has 4 heteroatoms. The molecule has 0 spiro atoms. The Balaban J connectivity index is 1.94. The molecule has 0 saturated carbocycles. The number of aryl methyl sites for hydroxylation is 2. The van der Waals surface area contributed by atoms with Crippen molar-refractivity contribution in [2.24, 2.45) is 0 Å². The summed E-state index contributed by atoms with van der Waals surface area (Å²) in [4.78, 5) is 14.7. The Kier molecular flexibility index (Phi) is 4.33. The fourth-order valence-electron chi connectivity index (χ4n) is 2.86. The summed E-state index contributed by atoms with van der Waals surface area (Å²) in [6.45, 7) is 7.77. The maximum atomic E-state index is 12.4. The fourth-order valence-corrected chi connectivity index (χ4v) is 3.76. The van der Waals surface area contributed by atoms with Crippen LogP contribution in [0.15, 0.2) is 67.1 Å². The quantitative estimate of drug-likeness (QED) is 0.576. The Bertz CT molecular complexity index is 855. The van der Waals surface area contributed by atoms with Gasteiger partial charge in [0, 0.05) is 12.1 Å². The minimum absolute atomic E-state index is 0.0546. The van der Waals surface area contributed by atoms with Crippen LogP contribution < -0.4 is 0 Å². The summed E-state index contributed by atoms with van der Waals surface area (Å²) in [5.74, 6) is 1.45. The molecule has 3 rings (SSSR count). The first-order valence-electron chi connectivity index (χ1n) is 7.71. The van der Waals surface area contributed by atoms with E-state index in [0.29, 0.717) is 11.1 Å². The second-order valence-electron chi connectivity index (χ2n) is 6.02. The van der Waals surface area contributed by atoms with Crippen molar-refractivity contribution in [2.75, 3.05) is 0 Å². The highest BCUT2D eigenvalue weighted by Gasteiger charge is 2.32. The second-order valence-corrected chi connectivity index (χ2v) is 7.51. The van der Waals surface area contributed by atoms with Gasteiger partial charge in [-0.3, -0.25) is 4.79 Å². The Morgan fingerprint density at radius 3 is 2.12 bits per heavy atom. The molecule has 0 atom stereocenters. The molecule has 1 N–H and O–H groups in total. The number of thioether (sulfide) groups is 1. The van der Waals surface area contributed by atoms with E-state index in [9.17, 15) is 9.90 Å². The highest BCUT2D eigenvalue weighted by atomic mass is 32.2. The molecule has 0 saturated heterocycles. The zero-order valence-electron chi connectivity index (χ0n) is 14.1. The van der Waals surface area contributed by atoms with Crippen LogP contribution in [0.3, 0.4) is 0 Å². The van der Waals surface area contributed by atoms with Gasteiger partial charge in [0.05, 0.1) is 25.0 Å². The van der Waals surface area contributed by atoms with Crippen LogP contribution >= 0.6 is 11.8 Å². The molecule has 122 valence electrons. The van der Waals surface area contributed by atoms with Crippen molar-refractivity contribution in [3.05, 3.63) is 79.7 Å². The molecule has 2 heterocycles. The molecule has 0 amide bonds. The van der Waals surface area contributed by atoms with E-state index in [-0.39, 0.29) is 11.5 Å². The molecule has 3 nitrogen and oxygen atoms in total. The van der Waals surface area contributed by atoms with Gasteiger partial charge in [0.25, 0.3) is 0 Å². The van der Waals surface area contributed by atoms with Crippen LogP contribution in [0.5, 0.6) is 0 Å². The summed E-state index contributed by atoms with van der Waals surface area (Å²) >= 11 is 1.70. The van der Waals surface area contributed by atoms with Gasteiger partial charge in [0.15, 0.2) is 0 Å². The van der Waals surface area contributed by atoms with Crippen molar-refractivity contribution < 1.29 is 14.3 Å². The maximum Gasteiger partial charge on any atom is 0.327 e. The molecule has 1 aliphatic heterocycles. The van der Waals surface area contributed by atoms with Gasteiger partial charge in [0.1, 0.15) is 5.76 Å². The molecule has 1 aromatic heterocycles. The van der Waals surface area contributed by atoms with Gasteiger partial charge in [0.2, 0.25) is 5.78 Å². The van der Waals surface area contributed by atoms with Crippen LogP contribution in [0, 0.1) is 13.8 Å². The minimum atomic E-state index is -0.133. The van der Waals surface area contributed by atoms with E-state index in [0.717, 1.165) is 22.7 Å². The molecule has 0 aromatic carbocycles. The van der Waals surface area contributed by atoms with E-state index < -0.39 is 0 Å². The highest BCUT2D eigenvalue weighted by Crippen LogP contribution is 2.35. The Morgan fingerprint density at radius 2 is 1.58 bits per heavy atom. The zero-order valence-corrected chi connectivity index (χ0v) is 15.0. The SMILES string of the molecule is CC1=CC(=CC2=C(O)C(=Cc3cc(C)[o+]c(C)c3)C2=O)C=C(C)S1. The van der Waals surface area contributed by atoms with Gasteiger partial charge in [-0.1, -0.05) is 11.8 Å². The molecule has 2 aliphatic rings. The lowest BCUT2D eigenvalue weighted by atomic mass is 9.85. The number of allylic oxidation sites excluding steroid dienone is 8. The molecule has 1 aromatic rings. The summed E-state index contributed by atoms with van der Waals surface area (Å²) in [6, 6.07) is 3.68. The van der Waals surface area contributed by atoms with Crippen LogP contribution in [0.2, 0.25) is 0 Å². The fraction of sp³-hybridized carbons (Fsp3) is 0.200. The number of ketones is 1. The Labute approximate surface area is 145 Å². The van der Waals surface area contributed by atoms with Crippen LogP contribution in [-0.2, 0) is 4.79 Å². The van der Waals surface area contributed by atoms with Crippen molar-refractivity contribution >= 4 is 23.6 Å². The van der Waals surface area contributed by atoms with E-state index >= 15 is 0 Å². The van der Waals surface area contributed by atoms with Crippen molar-refractivity contribution in [3.8, 4) is 0 Å². The van der Waals surface area contributed by atoms with Crippen molar-refractivity contribution in [1.82, 2.24) is 0 Å². The van der Waals surface area contributed by atoms with Gasteiger partial charge >= 0.3 is 11.5 Å². The van der Waals surface area contributed by atoms with E-state index in [2.05, 4.69) is 0 Å². The number of hydrogen-bond donors (Lipinski definition) is 1. The number of rotatable bonds is 2. The first-order valence-corrected chi connectivity index (χ1v) is 8.52. The maximum absolute atomic E-state index is 12.4. The predicted molar refractivity (Wildman–Crippen MR) is 98.4 cm³/mol. The van der Waals surface area contributed by atoms with Crippen molar-refractivity contribution in [1.29, 1.82) is 0 Å². The molecule has 0 bridgehead atoms. The summed E-state index contributed by atoms with van der Waals surface area (Å²) in [5, 5.41) is 10.3. The number of hydrogen-bond acceptors (Lipinski definition) is 3. The standard InChI is InChI=1S/C20H18O3S/c1-11-5-15(6-12(2)23-11)9-17-19(21)18(20(17)22)10-16-7-13(3)24-14(4)8-16/h5-10H,1-4H3/p+1. The predicted octanol–water partition coefficient (Wildman–Crippen LogP) is 5.44. The van der Waals surface area contributed by atoms with Crippen molar-refractivity contribution in [3.63, 3.8) is 0 Å². The van der Waals surface area contributed by atoms with E-state index in [4.69, 9.17) is 4.42 Å². The topological polar surface area (TPSA) is 48.6 Å². The molecular formula is C20H19O3S+. The smallest absolute Gasteiger partial charge is 0.327 e. The van der Waals surface area contributed by atoms with Crippen LogP contribution in [-0.4, -0.2) is 10.9 Å². The van der Waals surface area contributed by atoms with Crippen LogP contribution in [0.4, 0.5) is 0 Å². The van der Waals surface area contributed by atoms with E-state index in [1.54, 1.807) is 23.9 Å². The van der Waals surface area contributed by atoms with Gasteiger partial charge < -0.3 is 5.11 Å². The summed E-state index contributed by atoms with van der Waals surface area (Å²) in [6.07, 6.45) is 7.48. The molecule has 0 radical (unpaired) electrons. The monoisotopic (exact) mass is 339 g/mol. The van der Waals surface area contributed by atoms with Gasteiger partial charge in [-0.2, -0.15) is 0 Å². The largest absolute Gasteiger partial charge is 0.506 e. The lowest BCUT2D eigenvalue weighted by Crippen LogP contribution is -2.21. The average molecular weight is 339 g/mol.